The zero-order chi connectivity index (χ0) is 20.1. The zero-order valence-electron chi connectivity index (χ0n) is 17.3. The topological polar surface area (TPSA) is 84.8 Å². The summed E-state index contributed by atoms with van der Waals surface area (Å²) < 4.78 is 0. The number of likely N-dealkylation sites (tertiary alicyclic amines) is 1. The molecule has 0 saturated carbocycles. The number of aromatic nitrogens is 2. The number of nitriles is 1. The molecule has 0 spiro atoms. The Morgan fingerprint density at radius 3 is 2.63 bits per heavy atom. The minimum absolute atomic E-state index is 0.0127. The molecule has 1 amide bonds. The van der Waals surface area contributed by atoms with E-state index in [2.05, 4.69) is 35.2 Å². The summed E-state index contributed by atoms with van der Waals surface area (Å²) in [5.41, 5.74) is 4.34. The molecule has 0 aromatic carbocycles. The molecule has 27 heavy (non-hydrogen) atoms. The van der Waals surface area contributed by atoms with Gasteiger partial charge in [0.2, 0.25) is 5.91 Å². The number of aromatic amines is 1. The highest BCUT2D eigenvalue weighted by atomic mass is 16.2. The second kappa shape index (κ2) is 9.01. The van der Waals surface area contributed by atoms with Crippen LogP contribution >= 0.6 is 0 Å². The molecule has 3 rings (SSSR count). The lowest BCUT2D eigenvalue weighted by Gasteiger charge is -2.38. The van der Waals surface area contributed by atoms with Gasteiger partial charge in [0.1, 0.15) is 5.65 Å². The van der Waals surface area contributed by atoms with Gasteiger partial charge in [0.15, 0.2) is 0 Å². The standard InChI is InChI=1S/C19H25N5O.C2H6/c1-11(2)17(19(25)24-9-14(5-20)10-24)21-8-15-12(3)6-22-18-16(15)13(4)7-23-18;1-2/h6-7,11,14,17,21H,8-10H2,1-4H3,(H,22,23);1-2H3. The molecule has 146 valence electrons. The molecule has 2 aromatic heterocycles. The van der Waals surface area contributed by atoms with Crippen LogP contribution in [0.3, 0.4) is 0 Å². The first-order valence-corrected chi connectivity index (χ1v) is 9.76. The van der Waals surface area contributed by atoms with Crippen molar-refractivity contribution in [2.45, 2.75) is 54.1 Å². The van der Waals surface area contributed by atoms with E-state index in [1.54, 1.807) is 4.90 Å². The molecule has 3 heterocycles. The summed E-state index contributed by atoms with van der Waals surface area (Å²) in [5.74, 6) is 0.259. The Bertz CT molecular complexity index is 827. The first-order chi connectivity index (χ1) is 12.9. The van der Waals surface area contributed by atoms with Crippen LogP contribution in [0.5, 0.6) is 0 Å². The smallest absolute Gasteiger partial charge is 0.240 e. The summed E-state index contributed by atoms with van der Waals surface area (Å²) >= 11 is 0. The molecule has 1 saturated heterocycles. The van der Waals surface area contributed by atoms with Crippen molar-refractivity contribution in [2.75, 3.05) is 13.1 Å². The van der Waals surface area contributed by atoms with E-state index >= 15 is 0 Å². The number of nitrogens with one attached hydrogen (secondary N) is 2. The van der Waals surface area contributed by atoms with Crippen molar-refractivity contribution in [1.29, 1.82) is 5.26 Å². The van der Waals surface area contributed by atoms with Gasteiger partial charge in [-0.1, -0.05) is 27.7 Å². The van der Waals surface area contributed by atoms with Gasteiger partial charge in [0, 0.05) is 37.4 Å². The molecule has 1 unspecified atom stereocenters. The highest BCUT2D eigenvalue weighted by Crippen LogP contribution is 2.24. The Morgan fingerprint density at radius 2 is 2.04 bits per heavy atom. The fraction of sp³-hybridized carbons (Fsp3) is 0.571. The third-order valence-corrected chi connectivity index (χ3v) is 5.03. The van der Waals surface area contributed by atoms with Crippen molar-refractivity contribution in [3.05, 3.63) is 29.1 Å². The third kappa shape index (κ3) is 4.30. The number of hydrogen-bond acceptors (Lipinski definition) is 4. The minimum Gasteiger partial charge on any atom is -0.346 e. The fourth-order valence-electron chi connectivity index (χ4n) is 3.41. The SMILES string of the molecule is CC.Cc1cnc2[nH]cc(C)c2c1CNC(C(=O)N1CC(C#N)C1)C(C)C. The van der Waals surface area contributed by atoms with Crippen LogP contribution in [0.1, 0.15) is 44.4 Å². The van der Waals surface area contributed by atoms with E-state index in [1.807, 2.05) is 40.1 Å². The maximum atomic E-state index is 12.8. The van der Waals surface area contributed by atoms with Crippen LogP contribution in [0.15, 0.2) is 12.4 Å². The van der Waals surface area contributed by atoms with Crippen LogP contribution in [-0.2, 0) is 11.3 Å². The maximum absolute atomic E-state index is 12.8. The lowest BCUT2D eigenvalue weighted by Crippen LogP contribution is -2.57. The summed E-state index contributed by atoms with van der Waals surface area (Å²) in [4.78, 5) is 22.2. The largest absolute Gasteiger partial charge is 0.346 e. The number of H-pyrrole nitrogens is 1. The number of aryl methyl sites for hydroxylation is 2. The van der Waals surface area contributed by atoms with Gasteiger partial charge in [-0.2, -0.15) is 5.26 Å². The number of hydrogen-bond donors (Lipinski definition) is 2. The van der Waals surface area contributed by atoms with Crippen LogP contribution in [0.4, 0.5) is 0 Å². The van der Waals surface area contributed by atoms with Crippen molar-refractivity contribution in [3.8, 4) is 6.07 Å². The Kier molecular flexibility index (Phi) is 6.98. The average Bonchev–Trinajstić information content (AvgIpc) is 2.98. The van der Waals surface area contributed by atoms with Gasteiger partial charge in [-0.3, -0.25) is 4.79 Å². The zero-order valence-corrected chi connectivity index (χ0v) is 17.3. The number of nitrogens with zero attached hydrogens (tertiary/aromatic N) is 3. The highest BCUT2D eigenvalue weighted by Gasteiger charge is 2.35. The lowest BCUT2D eigenvalue weighted by atomic mass is 9.96. The minimum atomic E-state index is -0.249. The van der Waals surface area contributed by atoms with Gasteiger partial charge < -0.3 is 15.2 Å². The van der Waals surface area contributed by atoms with Gasteiger partial charge in [-0.05, 0) is 36.5 Å². The summed E-state index contributed by atoms with van der Waals surface area (Å²) in [6.45, 7) is 13.9. The Morgan fingerprint density at radius 1 is 1.37 bits per heavy atom. The van der Waals surface area contributed by atoms with Gasteiger partial charge in [0.25, 0.3) is 0 Å². The fourth-order valence-corrected chi connectivity index (χ4v) is 3.41. The molecular formula is C21H31N5O. The molecule has 0 bridgehead atoms. The number of carbonyl (C=O) groups excluding carboxylic acids is 1. The predicted molar refractivity (Wildman–Crippen MR) is 108 cm³/mol. The van der Waals surface area contributed by atoms with E-state index < -0.39 is 0 Å². The number of rotatable bonds is 5. The van der Waals surface area contributed by atoms with Crippen LogP contribution in [0.2, 0.25) is 0 Å². The maximum Gasteiger partial charge on any atom is 0.240 e. The first kappa shape index (κ1) is 20.9. The Balaban J connectivity index is 0.00000126. The van der Waals surface area contributed by atoms with E-state index in [-0.39, 0.29) is 23.8 Å². The van der Waals surface area contributed by atoms with Gasteiger partial charge in [-0.15, -0.1) is 0 Å². The molecule has 0 aliphatic carbocycles. The Labute approximate surface area is 162 Å². The number of carbonyl (C=O) groups is 1. The second-order valence-electron chi connectivity index (χ2n) is 7.29. The molecule has 0 radical (unpaired) electrons. The predicted octanol–water partition coefficient (Wildman–Crippen LogP) is 3.30. The number of pyridine rings is 1. The van der Waals surface area contributed by atoms with Crippen molar-refractivity contribution in [1.82, 2.24) is 20.2 Å². The molecule has 6 nitrogen and oxygen atoms in total. The average molecular weight is 370 g/mol. The number of amides is 1. The monoisotopic (exact) mass is 369 g/mol. The molecule has 2 N–H and O–H groups in total. The van der Waals surface area contributed by atoms with E-state index in [0.717, 1.165) is 22.2 Å². The molecule has 1 aliphatic heterocycles. The van der Waals surface area contributed by atoms with E-state index in [1.165, 1.54) is 5.56 Å². The summed E-state index contributed by atoms with van der Waals surface area (Å²) in [5, 5.41) is 13.5. The van der Waals surface area contributed by atoms with Crippen LogP contribution < -0.4 is 5.32 Å². The quantitative estimate of drug-likeness (QED) is 0.847. The molecule has 2 aromatic rings. The van der Waals surface area contributed by atoms with Gasteiger partial charge in [0.05, 0.1) is 18.0 Å². The molecule has 1 aliphatic rings. The van der Waals surface area contributed by atoms with Crippen LogP contribution in [0.25, 0.3) is 11.0 Å². The van der Waals surface area contributed by atoms with Crippen molar-refractivity contribution in [3.63, 3.8) is 0 Å². The van der Waals surface area contributed by atoms with Crippen molar-refractivity contribution < 1.29 is 4.79 Å². The van der Waals surface area contributed by atoms with Crippen LogP contribution in [0, 0.1) is 37.0 Å². The second-order valence-corrected chi connectivity index (χ2v) is 7.29. The first-order valence-electron chi connectivity index (χ1n) is 9.76. The van der Waals surface area contributed by atoms with Crippen molar-refractivity contribution in [2.24, 2.45) is 11.8 Å². The summed E-state index contributed by atoms with van der Waals surface area (Å²) in [6, 6.07) is 1.97. The molecule has 1 fully saturated rings. The molecule has 1 atom stereocenters. The number of fused-ring (bicyclic) bond motifs is 1. The van der Waals surface area contributed by atoms with E-state index in [9.17, 15) is 4.79 Å². The lowest BCUT2D eigenvalue weighted by molar-refractivity contribution is -0.139. The molecule has 6 heteroatoms. The Hall–Kier alpha value is -2.39. The van der Waals surface area contributed by atoms with Gasteiger partial charge >= 0.3 is 0 Å². The summed E-state index contributed by atoms with van der Waals surface area (Å²) in [7, 11) is 0. The normalized spacial score (nSPS) is 15.1. The van der Waals surface area contributed by atoms with Crippen molar-refractivity contribution >= 4 is 16.9 Å². The molecular weight excluding hydrogens is 338 g/mol. The van der Waals surface area contributed by atoms with E-state index in [0.29, 0.717) is 19.6 Å². The summed E-state index contributed by atoms with van der Waals surface area (Å²) in [6.07, 6.45) is 3.84. The van der Waals surface area contributed by atoms with Crippen LogP contribution in [-0.4, -0.2) is 39.9 Å². The van der Waals surface area contributed by atoms with E-state index in [4.69, 9.17) is 5.26 Å². The third-order valence-electron chi connectivity index (χ3n) is 5.03. The van der Waals surface area contributed by atoms with Gasteiger partial charge in [-0.25, -0.2) is 4.98 Å². The highest BCUT2D eigenvalue weighted by molar-refractivity contribution is 5.85.